The number of halogens is 1. The third-order valence-electron chi connectivity index (χ3n) is 5.05. The molecule has 0 N–H and O–H groups in total. The zero-order valence-corrected chi connectivity index (χ0v) is 14.6. The second-order valence-electron chi connectivity index (χ2n) is 6.55. The van der Waals surface area contributed by atoms with Gasteiger partial charge in [-0.1, -0.05) is 60.1 Å². The summed E-state index contributed by atoms with van der Waals surface area (Å²) in [5, 5.41) is 1.96. The van der Waals surface area contributed by atoms with Crippen molar-refractivity contribution in [1.29, 1.82) is 0 Å². The number of para-hydroxylation sites is 1. The second-order valence-corrected chi connectivity index (χ2v) is 6.93. The topological polar surface area (TPSA) is 16.1 Å². The van der Waals surface area contributed by atoms with E-state index in [1.807, 2.05) is 12.1 Å². The van der Waals surface area contributed by atoms with Crippen molar-refractivity contribution in [2.24, 2.45) is 0 Å². The molecule has 1 saturated heterocycles. The molecule has 3 heteroatoms. The summed E-state index contributed by atoms with van der Waals surface area (Å²) < 4.78 is 0. The van der Waals surface area contributed by atoms with Crippen molar-refractivity contribution in [3.63, 3.8) is 0 Å². The first kappa shape index (κ1) is 15.6. The molecule has 1 atom stereocenters. The molecule has 1 unspecified atom stereocenters. The van der Waals surface area contributed by atoms with Gasteiger partial charge in [-0.3, -0.25) is 4.90 Å². The Hall–Kier alpha value is -1.90. The largest absolute Gasteiger partial charge is 0.290 e. The standard InChI is InChI=1S/C21H21ClN2/c1-15-17-10-5-6-11-18(17)23-19(21(15)22)14-24-13-7-12-20(24)16-8-3-2-4-9-16/h2-6,8-11,20H,7,12-14H2,1H3. The molecular weight excluding hydrogens is 316 g/mol. The van der Waals surface area contributed by atoms with Crippen LogP contribution in [0.3, 0.4) is 0 Å². The van der Waals surface area contributed by atoms with Crippen LogP contribution in [0.4, 0.5) is 0 Å². The molecule has 4 rings (SSSR count). The lowest BCUT2D eigenvalue weighted by atomic mass is 10.0. The molecule has 0 spiro atoms. The summed E-state index contributed by atoms with van der Waals surface area (Å²) >= 11 is 6.66. The number of pyridine rings is 1. The molecule has 1 fully saturated rings. The summed E-state index contributed by atoms with van der Waals surface area (Å²) in [4.78, 5) is 7.37. The van der Waals surface area contributed by atoms with Gasteiger partial charge in [0.25, 0.3) is 0 Å². The lowest BCUT2D eigenvalue weighted by Crippen LogP contribution is -2.23. The summed E-state index contributed by atoms with van der Waals surface area (Å²) in [5.74, 6) is 0. The van der Waals surface area contributed by atoms with Crippen molar-refractivity contribution in [3.8, 4) is 0 Å². The van der Waals surface area contributed by atoms with Gasteiger partial charge in [-0.25, -0.2) is 4.98 Å². The maximum Gasteiger partial charge on any atom is 0.0740 e. The van der Waals surface area contributed by atoms with Crippen LogP contribution < -0.4 is 0 Å². The highest BCUT2D eigenvalue weighted by molar-refractivity contribution is 6.32. The van der Waals surface area contributed by atoms with Crippen LogP contribution in [-0.2, 0) is 6.54 Å². The average molecular weight is 337 g/mol. The highest BCUT2D eigenvalue weighted by Crippen LogP contribution is 2.35. The van der Waals surface area contributed by atoms with E-state index < -0.39 is 0 Å². The molecule has 1 aliphatic rings. The Morgan fingerprint density at radius 3 is 2.67 bits per heavy atom. The number of likely N-dealkylation sites (tertiary alicyclic amines) is 1. The Labute approximate surface area is 148 Å². The van der Waals surface area contributed by atoms with E-state index in [0.717, 1.165) is 40.3 Å². The molecule has 0 bridgehead atoms. The third kappa shape index (κ3) is 2.81. The Kier molecular flexibility index (Phi) is 4.26. The molecule has 24 heavy (non-hydrogen) atoms. The minimum atomic E-state index is 0.468. The maximum absolute atomic E-state index is 6.66. The predicted molar refractivity (Wildman–Crippen MR) is 100 cm³/mol. The predicted octanol–water partition coefficient (Wildman–Crippen LogP) is 5.53. The van der Waals surface area contributed by atoms with E-state index in [1.54, 1.807) is 0 Å². The van der Waals surface area contributed by atoms with Crippen molar-refractivity contribution in [2.75, 3.05) is 6.54 Å². The molecule has 0 radical (unpaired) electrons. The summed E-state index contributed by atoms with van der Waals surface area (Å²) in [6, 6.07) is 19.5. The fraction of sp³-hybridized carbons (Fsp3) is 0.286. The first-order valence-corrected chi connectivity index (χ1v) is 8.94. The lowest BCUT2D eigenvalue weighted by Gasteiger charge is -2.25. The summed E-state index contributed by atoms with van der Waals surface area (Å²) in [7, 11) is 0. The van der Waals surface area contributed by atoms with Crippen molar-refractivity contribution >= 4 is 22.5 Å². The van der Waals surface area contributed by atoms with E-state index in [9.17, 15) is 0 Å². The van der Waals surface area contributed by atoms with Crippen LogP contribution in [0.1, 0.15) is 35.7 Å². The summed E-state index contributed by atoms with van der Waals surface area (Å²) in [6.07, 6.45) is 2.43. The van der Waals surface area contributed by atoms with Gasteiger partial charge in [-0.15, -0.1) is 0 Å². The molecule has 2 nitrogen and oxygen atoms in total. The van der Waals surface area contributed by atoms with E-state index in [4.69, 9.17) is 16.6 Å². The molecule has 1 aliphatic heterocycles. The van der Waals surface area contributed by atoms with Gasteiger partial charge in [-0.2, -0.15) is 0 Å². The highest BCUT2D eigenvalue weighted by atomic mass is 35.5. The van der Waals surface area contributed by atoms with E-state index in [-0.39, 0.29) is 0 Å². The van der Waals surface area contributed by atoms with Gasteiger partial charge in [0.05, 0.1) is 16.2 Å². The number of nitrogens with zero attached hydrogens (tertiary/aromatic N) is 2. The molecule has 0 amide bonds. The number of rotatable bonds is 3. The van der Waals surface area contributed by atoms with Crippen LogP contribution in [0.15, 0.2) is 54.6 Å². The zero-order valence-electron chi connectivity index (χ0n) is 13.9. The second kappa shape index (κ2) is 6.54. The Bertz CT molecular complexity index is 860. The molecule has 3 aromatic rings. The number of benzene rings is 2. The average Bonchev–Trinajstić information content (AvgIpc) is 3.08. The van der Waals surface area contributed by atoms with E-state index in [0.29, 0.717) is 6.04 Å². The molecule has 1 aromatic heterocycles. The SMILES string of the molecule is Cc1c(Cl)c(CN2CCCC2c2ccccc2)nc2ccccc12. The fourth-order valence-corrected chi connectivity index (χ4v) is 3.99. The van der Waals surface area contributed by atoms with Crippen molar-refractivity contribution in [3.05, 3.63) is 76.4 Å². The molecule has 2 aromatic carbocycles. The van der Waals surface area contributed by atoms with Gasteiger partial charge < -0.3 is 0 Å². The van der Waals surface area contributed by atoms with Crippen LogP contribution >= 0.6 is 11.6 Å². The van der Waals surface area contributed by atoms with E-state index >= 15 is 0 Å². The Morgan fingerprint density at radius 1 is 1.08 bits per heavy atom. The Balaban J connectivity index is 1.67. The van der Waals surface area contributed by atoms with Gasteiger partial charge in [0, 0.05) is 18.0 Å². The number of hydrogen-bond acceptors (Lipinski definition) is 2. The van der Waals surface area contributed by atoms with Crippen molar-refractivity contribution < 1.29 is 0 Å². The third-order valence-corrected chi connectivity index (χ3v) is 5.55. The first-order valence-electron chi connectivity index (χ1n) is 8.57. The number of hydrogen-bond donors (Lipinski definition) is 0. The quantitative estimate of drug-likeness (QED) is 0.624. The van der Waals surface area contributed by atoms with Crippen LogP contribution in [0.5, 0.6) is 0 Å². The number of aryl methyl sites for hydroxylation is 1. The number of aromatic nitrogens is 1. The maximum atomic E-state index is 6.66. The normalized spacial score (nSPS) is 18.3. The summed E-state index contributed by atoms with van der Waals surface area (Å²) in [6.45, 7) is 4.00. The van der Waals surface area contributed by atoms with Crippen LogP contribution in [0.2, 0.25) is 5.02 Å². The molecule has 0 saturated carbocycles. The van der Waals surface area contributed by atoms with Gasteiger partial charge in [0.2, 0.25) is 0 Å². The molecule has 122 valence electrons. The van der Waals surface area contributed by atoms with Crippen LogP contribution in [0, 0.1) is 6.92 Å². The van der Waals surface area contributed by atoms with Gasteiger partial charge in [0.1, 0.15) is 0 Å². The Morgan fingerprint density at radius 2 is 1.83 bits per heavy atom. The molecule has 2 heterocycles. The molecule has 0 aliphatic carbocycles. The zero-order chi connectivity index (χ0) is 16.5. The van der Waals surface area contributed by atoms with Crippen molar-refractivity contribution in [2.45, 2.75) is 32.4 Å². The minimum Gasteiger partial charge on any atom is -0.290 e. The monoisotopic (exact) mass is 336 g/mol. The smallest absolute Gasteiger partial charge is 0.0740 e. The van der Waals surface area contributed by atoms with Gasteiger partial charge in [0.15, 0.2) is 0 Å². The van der Waals surface area contributed by atoms with Gasteiger partial charge in [-0.05, 0) is 43.5 Å². The van der Waals surface area contributed by atoms with Gasteiger partial charge >= 0.3 is 0 Å². The van der Waals surface area contributed by atoms with Crippen LogP contribution in [0.25, 0.3) is 10.9 Å². The fourth-order valence-electron chi connectivity index (χ4n) is 3.78. The van der Waals surface area contributed by atoms with E-state index in [2.05, 4.69) is 54.3 Å². The highest BCUT2D eigenvalue weighted by Gasteiger charge is 2.27. The molecular formula is C21H21ClN2. The van der Waals surface area contributed by atoms with Crippen molar-refractivity contribution in [1.82, 2.24) is 9.88 Å². The summed E-state index contributed by atoms with van der Waals surface area (Å²) in [5.41, 5.74) is 4.55. The lowest BCUT2D eigenvalue weighted by molar-refractivity contribution is 0.246. The first-order chi connectivity index (χ1) is 11.7. The van der Waals surface area contributed by atoms with Crippen LogP contribution in [-0.4, -0.2) is 16.4 Å². The van der Waals surface area contributed by atoms with E-state index in [1.165, 1.54) is 18.4 Å². The minimum absolute atomic E-state index is 0.468. The number of fused-ring (bicyclic) bond motifs is 1.